The van der Waals surface area contributed by atoms with Crippen LogP contribution in [0.5, 0.6) is 0 Å². The first-order valence-electron chi connectivity index (χ1n) is 46.0. The molecule has 0 aromatic carbocycles. The van der Waals surface area contributed by atoms with Gasteiger partial charge in [-0.25, -0.2) is 0 Å². The highest BCUT2D eigenvalue weighted by atomic mass is 16.8. The van der Waals surface area contributed by atoms with E-state index in [-0.39, 0.29) is 18.9 Å². The van der Waals surface area contributed by atoms with Crippen molar-refractivity contribution in [3.8, 4) is 0 Å². The molecule has 12 N–H and O–H groups in total. The molecule has 0 aromatic rings. The third-order valence-electron chi connectivity index (χ3n) is 22.4. The van der Waals surface area contributed by atoms with Gasteiger partial charge in [0.15, 0.2) is 18.9 Å². The summed E-state index contributed by atoms with van der Waals surface area (Å²) in [6.07, 6.45) is 73.7. The van der Waals surface area contributed by atoms with Crippen LogP contribution in [0.2, 0.25) is 0 Å². The lowest BCUT2D eigenvalue weighted by Crippen LogP contribution is -2.66. The van der Waals surface area contributed by atoms with Crippen LogP contribution in [0, 0.1) is 0 Å². The van der Waals surface area contributed by atoms with Crippen molar-refractivity contribution in [2.45, 2.75) is 465 Å². The van der Waals surface area contributed by atoms with Crippen LogP contribution in [0.4, 0.5) is 0 Å². The number of rotatable bonds is 74. The molecule has 113 heavy (non-hydrogen) atoms. The van der Waals surface area contributed by atoms with Crippen LogP contribution in [-0.4, -0.2) is 193 Å². The minimum absolute atomic E-state index is 0.240. The largest absolute Gasteiger partial charge is 0.394 e. The zero-order chi connectivity index (χ0) is 81.7. The minimum atomic E-state index is -1.98. The number of allylic oxidation sites excluding steroid dienone is 16. The molecule has 0 saturated carbocycles. The van der Waals surface area contributed by atoms with Crippen molar-refractivity contribution in [2.24, 2.45) is 0 Å². The molecule has 3 heterocycles. The molecule has 3 aliphatic heterocycles. The topological polar surface area (TPSA) is 307 Å². The Balaban J connectivity index is 1.30. The summed E-state index contributed by atoms with van der Waals surface area (Å²) in [4.78, 5) is 13.6. The van der Waals surface area contributed by atoms with Crippen molar-refractivity contribution < 1.29 is 89.4 Å². The second kappa shape index (κ2) is 72.7. The zero-order valence-corrected chi connectivity index (χ0v) is 70.8. The van der Waals surface area contributed by atoms with Gasteiger partial charge < -0.3 is 89.9 Å². The van der Waals surface area contributed by atoms with E-state index in [4.69, 9.17) is 28.4 Å². The summed E-state index contributed by atoms with van der Waals surface area (Å²) in [6.45, 7) is 1.74. The van der Waals surface area contributed by atoms with Gasteiger partial charge in [-0.1, -0.05) is 374 Å². The number of ether oxygens (including phenoxy) is 6. The number of unbranched alkanes of at least 4 members (excludes halogenated alkanes) is 42. The van der Waals surface area contributed by atoms with Crippen molar-refractivity contribution in [3.63, 3.8) is 0 Å². The van der Waals surface area contributed by atoms with Gasteiger partial charge in [0, 0.05) is 6.42 Å². The lowest BCUT2D eigenvalue weighted by Gasteiger charge is -2.48. The number of hydrogen-bond acceptors (Lipinski definition) is 18. The quantitative estimate of drug-likeness (QED) is 0.0199. The molecule has 3 saturated heterocycles. The number of hydrogen-bond donors (Lipinski definition) is 12. The summed E-state index contributed by atoms with van der Waals surface area (Å²) in [6, 6.07) is -0.893. The summed E-state index contributed by atoms with van der Waals surface area (Å²) in [5.74, 6) is -0.240. The smallest absolute Gasteiger partial charge is 0.220 e. The van der Waals surface area contributed by atoms with E-state index >= 15 is 0 Å². The zero-order valence-electron chi connectivity index (χ0n) is 70.8. The van der Waals surface area contributed by atoms with E-state index in [1.165, 1.54) is 231 Å². The Labute approximate surface area is 685 Å². The molecule has 3 fully saturated rings. The number of carbonyl (C=O) groups is 1. The van der Waals surface area contributed by atoms with E-state index in [0.29, 0.717) is 12.8 Å². The van der Waals surface area contributed by atoms with Gasteiger partial charge in [-0.3, -0.25) is 4.79 Å². The molecule has 17 atom stereocenters. The predicted octanol–water partition coefficient (Wildman–Crippen LogP) is 17.9. The van der Waals surface area contributed by atoms with Gasteiger partial charge in [0.05, 0.1) is 38.6 Å². The van der Waals surface area contributed by atoms with Gasteiger partial charge in [0.1, 0.15) is 73.2 Å². The van der Waals surface area contributed by atoms with E-state index in [1.54, 1.807) is 0 Å². The number of aliphatic hydroxyl groups excluding tert-OH is 11. The minimum Gasteiger partial charge on any atom is -0.394 e. The fourth-order valence-corrected chi connectivity index (χ4v) is 15.2. The lowest BCUT2D eigenvalue weighted by atomic mass is 9.96. The van der Waals surface area contributed by atoms with Crippen molar-refractivity contribution in [3.05, 3.63) is 97.2 Å². The van der Waals surface area contributed by atoms with E-state index in [2.05, 4.69) is 116 Å². The Bertz CT molecular complexity index is 2420. The molecule has 1 amide bonds. The highest BCUT2D eigenvalue weighted by Crippen LogP contribution is 2.34. The van der Waals surface area contributed by atoms with Crippen LogP contribution < -0.4 is 5.32 Å². The maximum atomic E-state index is 13.6. The van der Waals surface area contributed by atoms with Crippen LogP contribution in [0.3, 0.4) is 0 Å². The van der Waals surface area contributed by atoms with Crippen molar-refractivity contribution in [1.82, 2.24) is 5.32 Å². The van der Waals surface area contributed by atoms with Gasteiger partial charge >= 0.3 is 0 Å². The molecule has 3 rings (SSSR count). The number of aliphatic hydroxyl groups is 11. The number of carbonyl (C=O) groups excluding carboxylic acids is 1. The molecular weight excluding hydrogens is 1430 g/mol. The first kappa shape index (κ1) is 104. The molecule has 0 aromatic heterocycles. The monoisotopic (exact) mass is 1600 g/mol. The molecular formula is C94H167NO18. The fourth-order valence-electron chi connectivity index (χ4n) is 15.2. The van der Waals surface area contributed by atoms with Gasteiger partial charge in [-0.2, -0.15) is 0 Å². The SMILES string of the molecule is CC/C=C\C/C=C\C/C=C\C/C=C\C/C=C\C/C=C\C/C=C\C/C=C\CCCCCCCCCCCCCCCCCCC(=O)NC(COC1OC(CO)C(OC2OC(CO)C(OC3OC(CO)C(O)C(O)C3O)C(O)C2O)C(O)C1O)C(O)CCCCCCCCCCCCCCCCCCCCCCCCCCCCC. The second-order valence-electron chi connectivity index (χ2n) is 32.4. The molecule has 19 nitrogen and oxygen atoms in total. The first-order valence-corrected chi connectivity index (χ1v) is 46.0. The molecule has 19 heteroatoms. The van der Waals surface area contributed by atoms with Gasteiger partial charge in [-0.15, -0.1) is 0 Å². The maximum Gasteiger partial charge on any atom is 0.220 e. The summed E-state index contributed by atoms with van der Waals surface area (Å²) >= 11 is 0. The third-order valence-corrected chi connectivity index (χ3v) is 22.4. The molecule has 3 aliphatic rings. The fraction of sp³-hybridized carbons (Fsp3) is 0.819. The van der Waals surface area contributed by atoms with Gasteiger partial charge in [0.2, 0.25) is 5.91 Å². The second-order valence-corrected chi connectivity index (χ2v) is 32.4. The Kier molecular flexibility index (Phi) is 66.8. The van der Waals surface area contributed by atoms with Crippen LogP contribution in [0.1, 0.15) is 361 Å². The number of amides is 1. The van der Waals surface area contributed by atoms with Crippen molar-refractivity contribution in [2.75, 3.05) is 26.4 Å². The Morgan fingerprint density at radius 3 is 0.956 bits per heavy atom. The summed E-state index contributed by atoms with van der Waals surface area (Å²) in [7, 11) is 0. The maximum absolute atomic E-state index is 13.6. The molecule has 0 spiro atoms. The highest BCUT2D eigenvalue weighted by molar-refractivity contribution is 5.76. The van der Waals surface area contributed by atoms with E-state index in [0.717, 1.165) is 96.3 Å². The van der Waals surface area contributed by atoms with E-state index in [1.807, 2.05) is 0 Å². The van der Waals surface area contributed by atoms with Gasteiger partial charge in [-0.05, 0) is 77.0 Å². The van der Waals surface area contributed by atoms with E-state index in [9.17, 15) is 61.0 Å². The normalized spacial score (nSPS) is 25.3. The van der Waals surface area contributed by atoms with E-state index < -0.39 is 124 Å². The molecule has 656 valence electrons. The highest BCUT2D eigenvalue weighted by Gasteiger charge is 2.54. The van der Waals surface area contributed by atoms with Crippen molar-refractivity contribution >= 4 is 5.91 Å². The molecule has 0 radical (unpaired) electrons. The Hall–Kier alpha value is -3.29. The van der Waals surface area contributed by atoms with Crippen LogP contribution >= 0.6 is 0 Å². The predicted molar refractivity (Wildman–Crippen MR) is 457 cm³/mol. The van der Waals surface area contributed by atoms with Crippen LogP contribution in [-0.2, 0) is 33.2 Å². The Morgan fingerprint density at radius 1 is 0.327 bits per heavy atom. The van der Waals surface area contributed by atoms with Crippen molar-refractivity contribution in [1.29, 1.82) is 0 Å². The lowest BCUT2D eigenvalue weighted by molar-refractivity contribution is -0.379. The molecule has 17 unspecified atom stereocenters. The molecule has 0 aliphatic carbocycles. The first-order chi connectivity index (χ1) is 55.3. The van der Waals surface area contributed by atoms with Crippen LogP contribution in [0.15, 0.2) is 97.2 Å². The average molecular weight is 1600 g/mol. The average Bonchev–Trinajstić information content (AvgIpc) is 0.777. The summed E-state index contributed by atoms with van der Waals surface area (Å²) in [5.41, 5.74) is 0. The summed E-state index contributed by atoms with van der Waals surface area (Å²) < 4.78 is 34.6. The van der Waals surface area contributed by atoms with Gasteiger partial charge in [0.25, 0.3) is 0 Å². The Morgan fingerprint density at radius 2 is 0.611 bits per heavy atom. The third kappa shape index (κ3) is 51.1. The number of nitrogens with one attached hydrogen (secondary N) is 1. The molecule has 0 bridgehead atoms. The summed E-state index contributed by atoms with van der Waals surface area (Å²) in [5, 5.41) is 121. The van der Waals surface area contributed by atoms with Crippen LogP contribution in [0.25, 0.3) is 0 Å². The standard InChI is InChI=1S/C94H167NO18/c1-3-5-7-9-11-13-15-17-19-21-23-25-27-29-31-32-33-34-35-36-37-38-39-40-41-42-43-44-46-48-50-52-54-56-58-60-62-64-66-68-70-72-82(100)95-77(78(99)71-69-67-65-63-61-59-57-55-53-51-49-47-45-30-28-26-24-22-20-18-16-14-12-10-8-6-4-2)76-108-92-88(106)85(103)90(80(74-97)110-92)113-94-89(107)86(104)91(81(75-98)111-94)112-93-87(105)84(102)83(101)79(73-96)109-93/h5,7,11,13,17,19,23,25,29,31,33-34,36-37,39-40,77-81,83-94,96-99,101-107H,3-4,6,8-10,12,14-16,18,20-22,24,26-28,30,32,35,38,41-76H2,1-2H3,(H,95,100)/b7-5-,13-11-,19-17-,25-23-,31-29-,34-33-,37-36-,40-39-.